The first-order valence-electron chi connectivity index (χ1n) is 7.82. The molecule has 6 heteroatoms. The minimum absolute atomic E-state index is 0.225. The smallest absolute Gasteiger partial charge is 0.255 e. The molecule has 1 amide bonds. The van der Waals surface area contributed by atoms with Gasteiger partial charge in [-0.3, -0.25) is 4.79 Å². The predicted molar refractivity (Wildman–Crippen MR) is 87.4 cm³/mol. The molecule has 0 aliphatic carbocycles. The Morgan fingerprint density at radius 2 is 2.21 bits per heavy atom. The molecule has 2 heterocycles. The summed E-state index contributed by atoms with van der Waals surface area (Å²) in [5.74, 6) is 0.115. The van der Waals surface area contributed by atoms with Crippen LogP contribution >= 0.6 is 0 Å². The highest BCUT2D eigenvalue weighted by atomic mass is 19.1. The van der Waals surface area contributed by atoms with Gasteiger partial charge in [-0.05, 0) is 36.8 Å². The molecule has 0 saturated carbocycles. The van der Waals surface area contributed by atoms with E-state index in [1.807, 2.05) is 6.92 Å². The fraction of sp³-hybridized carbons (Fsp3) is 0.222. The van der Waals surface area contributed by atoms with Crippen LogP contribution in [0.25, 0.3) is 5.69 Å². The largest absolute Gasteiger partial charge is 0.467 e. The summed E-state index contributed by atoms with van der Waals surface area (Å²) < 4.78 is 20.3. The van der Waals surface area contributed by atoms with Gasteiger partial charge in [-0.25, -0.2) is 9.07 Å². The summed E-state index contributed by atoms with van der Waals surface area (Å²) in [6.07, 6.45) is 4.60. The molecule has 0 fully saturated rings. The molecule has 24 heavy (non-hydrogen) atoms. The maximum Gasteiger partial charge on any atom is 0.255 e. The van der Waals surface area contributed by atoms with E-state index in [4.69, 9.17) is 4.42 Å². The molecule has 2 aromatic heterocycles. The van der Waals surface area contributed by atoms with Crippen molar-refractivity contribution in [1.82, 2.24) is 15.1 Å². The Morgan fingerprint density at radius 1 is 1.33 bits per heavy atom. The Hall–Kier alpha value is -2.89. The van der Waals surface area contributed by atoms with Crippen molar-refractivity contribution in [3.05, 3.63) is 71.7 Å². The molecule has 1 aromatic carbocycles. The fourth-order valence-corrected chi connectivity index (χ4v) is 2.55. The van der Waals surface area contributed by atoms with Gasteiger partial charge in [-0.1, -0.05) is 19.4 Å². The van der Waals surface area contributed by atoms with Crippen molar-refractivity contribution < 1.29 is 13.6 Å². The maximum atomic E-state index is 13.5. The summed E-state index contributed by atoms with van der Waals surface area (Å²) in [7, 11) is 0. The fourth-order valence-electron chi connectivity index (χ4n) is 2.55. The van der Waals surface area contributed by atoms with Crippen LogP contribution in [0.3, 0.4) is 0 Å². The van der Waals surface area contributed by atoms with Gasteiger partial charge in [0.1, 0.15) is 11.6 Å². The number of benzene rings is 1. The highest BCUT2D eigenvalue weighted by molar-refractivity contribution is 5.95. The maximum absolute atomic E-state index is 13.5. The third kappa shape index (κ3) is 3.37. The van der Waals surface area contributed by atoms with Gasteiger partial charge in [0.15, 0.2) is 0 Å². The predicted octanol–water partition coefficient (Wildman–Crippen LogP) is 3.49. The second-order valence-corrected chi connectivity index (χ2v) is 5.41. The Bertz CT molecular complexity index is 825. The Balaban J connectivity index is 1.86. The van der Waals surface area contributed by atoms with E-state index in [1.54, 1.807) is 35.2 Å². The molecular weight excluding hydrogens is 309 g/mol. The first kappa shape index (κ1) is 16.0. The van der Waals surface area contributed by atoms with Crippen molar-refractivity contribution in [3.8, 4) is 5.69 Å². The molecular formula is C18H18FN3O2. The third-order valence-corrected chi connectivity index (χ3v) is 3.66. The molecule has 3 rings (SSSR count). The lowest BCUT2D eigenvalue weighted by Crippen LogP contribution is -2.23. The molecule has 0 bridgehead atoms. The van der Waals surface area contributed by atoms with Gasteiger partial charge < -0.3 is 9.73 Å². The molecule has 124 valence electrons. The Morgan fingerprint density at radius 3 is 2.92 bits per heavy atom. The number of nitrogens with one attached hydrogen (secondary N) is 1. The number of carbonyl (C=O) groups is 1. The van der Waals surface area contributed by atoms with E-state index < -0.39 is 0 Å². The minimum Gasteiger partial charge on any atom is -0.467 e. The number of furan rings is 1. The number of halogens is 1. The molecule has 0 spiro atoms. The number of carbonyl (C=O) groups excluding carboxylic acids is 1. The summed E-state index contributed by atoms with van der Waals surface area (Å²) in [5.41, 5.74) is 1.86. The third-order valence-electron chi connectivity index (χ3n) is 3.66. The normalized spacial score (nSPS) is 10.8. The second-order valence-electron chi connectivity index (χ2n) is 5.41. The molecule has 1 N–H and O–H groups in total. The SMILES string of the molecule is CCCc1c(C(=O)NCc2ccco2)cnn1-c1cccc(F)c1. The van der Waals surface area contributed by atoms with Crippen molar-refractivity contribution in [2.24, 2.45) is 0 Å². The number of rotatable bonds is 6. The monoisotopic (exact) mass is 327 g/mol. The van der Waals surface area contributed by atoms with Crippen molar-refractivity contribution in [2.45, 2.75) is 26.3 Å². The standard InChI is InChI=1S/C18H18FN3O2/c1-2-5-17-16(18(23)20-11-15-8-4-9-24-15)12-21-22(17)14-7-3-6-13(19)10-14/h3-4,6-10,12H,2,5,11H2,1H3,(H,20,23). The van der Waals surface area contributed by atoms with Gasteiger partial charge in [0.05, 0.1) is 35.9 Å². The zero-order valence-electron chi connectivity index (χ0n) is 13.3. The lowest BCUT2D eigenvalue weighted by atomic mass is 10.1. The zero-order chi connectivity index (χ0) is 16.9. The summed E-state index contributed by atoms with van der Waals surface area (Å²) in [4.78, 5) is 12.5. The van der Waals surface area contributed by atoms with Crippen molar-refractivity contribution >= 4 is 5.91 Å². The molecule has 0 atom stereocenters. The Kier molecular flexibility index (Phi) is 4.74. The van der Waals surface area contributed by atoms with Crippen LogP contribution < -0.4 is 5.32 Å². The molecule has 0 aliphatic rings. The zero-order valence-corrected chi connectivity index (χ0v) is 13.3. The average molecular weight is 327 g/mol. The Labute approximate surface area is 139 Å². The van der Waals surface area contributed by atoms with Crippen LogP contribution in [-0.2, 0) is 13.0 Å². The van der Waals surface area contributed by atoms with Crippen LogP contribution in [0.1, 0.15) is 35.2 Å². The van der Waals surface area contributed by atoms with Crippen molar-refractivity contribution in [3.63, 3.8) is 0 Å². The molecule has 3 aromatic rings. The topological polar surface area (TPSA) is 60.1 Å². The minimum atomic E-state index is -0.339. The molecule has 5 nitrogen and oxygen atoms in total. The van der Waals surface area contributed by atoms with E-state index in [9.17, 15) is 9.18 Å². The van der Waals surface area contributed by atoms with Gasteiger partial charge in [0.25, 0.3) is 5.91 Å². The summed E-state index contributed by atoms with van der Waals surface area (Å²) in [6, 6.07) is 9.73. The van der Waals surface area contributed by atoms with E-state index in [1.165, 1.54) is 18.3 Å². The highest BCUT2D eigenvalue weighted by Gasteiger charge is 2.18. The number of nitrogens with zero attached hydrogens (tertiary/aromatic N) is 2. The van der Waals surface area contributed by atoms with Crippen molar-refractivity contribution in [2.75, 3.05) is 0 Å². The quantitative estimate of drug-likeness (QED) is 0.754. The molecule has 0 radical (unpaired) electrons. The van der Waals surface area contributed by atoms with Gasteiger partial charge in [0.2, 0.25) is 0 Å². The van der Waals surface area contributed by atoms with Gasteiger partial charge in [-0.2, -0.15) is 5.10 Å². The van der Waals surface area contributed by atoms with E-state index >= 15 is 0 Å². The number of hydrogen-bond acceptors (Lipinski definition) is 3. The van der Waals surface area contributed by atoms with Crippen LogP contribution in [-0.4, -0.2) is 15.7 Å². The molecule has 0 aliphatic heterocycles. The number of aromatic nitrogens is 2. The number of hydrogen-bond donors (Lipinski definition) is 1. The lowest BCUT2D eigenvalue weighted by Gasteiger charge is -2.09. The van der Waals surface area contributed by atoms with Crippen molar-refractivity contribution in [1.29, 1.82) is 0 Å². The average Bonchev–Trinajstić information content (AvgIpc) is 3.23. The van der Waals surface area contributed by atoms with Crippen LogP contribution in [0, 0.1) is 5.82 Å². The van der Waals surface area contributed by atoms with Gasteiger partial charge in [-0.15, -0.1) is 0 Å². The van der Waals surface area contributed by atoms with E-state index in [0.29, 0.717) is 30.0 Å². The summed E-state index contributed by atoms with van der Waals surface area (Å²) in [6.45, 7) is 2.33. The summed E-state index contributed by atoms with van der Waals surface area (Å²) >= 11 is 0. The van der Waals surface area contributed by atoms with Crippen LogP contribution in [0.5, 0.6) is 0 Å². The number of amides is 1. The first-order chi connectivity index (χ1) is 11.7. The lowest BCUT2D eigenvalue weighted by molar-refractivity contribution is 0.0947. The summed E-state index contributed by atoms with van der Waals surface area (Å²) in [5, 5.41) is 7.09. The van der Waals surface area contributed by atoms with E-state index in [2.05, 4.69) is 10.4 Å². The van der Waals surface area contributed by atoms with Gasteiger partial charge in [0, 0.05) is 0 Å². The van der Waals surface area contributed by atoms with E-state index in [0.717, 1.165) is 12.1 Å². The second kappa shape index (κ2) is 7.12. The van der Waals surface area contributed by atoms with Crippen LogP contribution in [0.4, 0.5) is 4.39 Å². The van der Waals surface area contributed by atoms with Crippen LogP contribution in [0.2, 0.25) is 0 Å². The highest BCUT2D eigenvalue weighted by Crippen LogP contribution is 2.18. The van der Waals surface area contributed by atoms with Gasteiger partial charge >= 0.3 is 0 Å². The van der Waals surface area contributed by atoms with Crippen LogP contribution in [0.15, 0.2) is 53.3 Å². The molecule has 0 unspecified atom stereocenters. The first-order valence-corrected chi connectivity index (χ1v) is 7.82. The molecule has 0 saturated heterocycles. The van der Waals surface area contributed by atoms with E-state index in [-0.39, 0.29) is 11.7 Å².